The average Bonchev–Trinajstić information content (AvgIpc) is 3.06. The second kappa shape index (κ2) is 8.78. The molecule has 4 nitrogen and oxygen atoms in total. The van der Waals surface area contributed by atoms with Gasteiger partial charge in [-0.1, -0.05) is 61.9 Å². The third-order valence-electron chi connectivity index (χ3n) is 6.00. The molecule has 0 bridgehead atoms. The summed E-state index contributed by atoms with van der Waals surface area (Å²) in [4.78, 5) is 20.1. The van der Waals surface area contributed by atoms with Gasteiger partial charge in [-0.15, -0.1) is 0 Å². The predicted molar refractivity (Wildman–Crippen MR) is 114 cm³/mol. The van der Waals surface area contributed by atoms with E-state index in [4.69, 9.17) is 0 Å². The Morgan fingerprint density at radius 2 is 1.46 bits per heavy atom. The third-order valence-corrected chi connectivity index (χ3v) is 6.00. The molecule has 2 heterocycles. The van der Waals surface area contributed by atoms with Crippen LogP contribution >= 0.6 is 0 Å². The van der Waals surface area contributed by atoms with Crippen LogP contribution in [0.5, 0.6) is 0 Å². The van der Waals surface area contributed by atoms with Crippen molar-refractivity contribution in [2.75, 3.05) is 32.7 Å². The standard InChI is InChI=1S/C24H31N3O/c1-2-3-13-25-14-8-15-26(17-16-25)24(28)27-18-20-9-4-6-11-22(20)23-12-7-5-10-21(23)19-27/h4-7,9-12H,2-3,8,13-19H2,1H3. The van der Waals surface area contributed by atoms with Crippen LogP contribution in [-0.2, 0) is 13.1 Å². The molecular weight excluding hydrogens is 346 g/mol. The minimum absolute atomic E-state index is 0.184. The van der Waals surface area contributed by atoms with Gasteiger partial charge in [-0.2, -0.15) is 0 Å². The number of urea groups is 1. The number of carbonyl (C=O) groups excluding carboxylic acids is 1. The summed E-state index contributed by atoms with van der Waals surface area (Å²) in [6.45, 7) is 8.55. The van der Waals surface area contributed by atoms with Gasteiger partial charge in [-0.25, -0.2) is 4.79 Å². The molecule has 0 spiro atoms. The summed E-state index contributed by atoms with van der Waals surface area (Å²) in [7, 11) is 0. The Morgan fingerprint density at radius 1 is 0.821 bits per heavy atom. The Hall–Kier alpha value is -2.33. The first-order valence-corrected chi connectivity index (χ1v) is 10.7. The first-order valence-electron chi connectivity index (χ1n) is 10.7. The lowest BCUT2D eigenvalue weighted by Crippen LogP contribution is -2.44. The van der Waals surface area contributed by atoms with Crippen LogP contribution in [0.2, 0.25) is 0 Å². The monoisotopic (exact) mass is 377 g/mol. The Labute approximate surface area is 168 Å². The summed E-state index contributed by atoms with van der Waals surface area (Å²) < 4.78 is 0. The fraction of sp³-hybridized carbons (Fsp3) is 0.458. The summed E-state index contributed by atoms with van der Waals surface area (Å²) in [6, 6.07) is 17.2. The molecule has 2 aliphatic rings. The highest BCUT2D eigenvalue weighted by Crippen LogP contribution is 2.32. The Bertz CT molecular complexity index is 772. The van der Waals surface area contributed by atoms with E-state index in [-0.39, 0.29) is 6.03 Å². The van der Waals surface area contributed by atoms with Crippen molar-refractivity contribution >= 4 is 6.03 Å². The molecule has 1 fully saturated rings. The second-order valence-corrected chi connectivity index (χ2v) is 7.99. The van der Waals surface area contributed by atoms with Gasteiger partial charge in [0.15, 0.2) is 0 Å². The zero-order valence-electron chi connectivity index (χ0n) is 16.9. The Morgan fingerprint density at radius 3 is 2.11 bits per heavy atom. The van der Waals surface area contributed by atoms with E-state index in [2.05, 4.69) is 65.3 Å². The lowest BCUT2D eigenvalue weighted by Gasteiger charge is -2.29. The molecule has 0 unspecified atom stereocenters. The van der Waals surface area contributed by atoms with Gasteiger partial charge in [-0.05, 0) is 48.2 Å². The summed E-state index contributed by atoms with van der Waals surface area (Å²) in [5.41, 5.74) is 4.99. The SMILES string of the molecule is CCCCN1CCCN(C(=O)N2Cc3ccccc3-c3ccccc3C2)CC1. The average molecular weight is 378 g/mol. The predicted octanol–water partition coefficient (Wildman–Crippen LogP) is 4.60. The Balaban J connectivity index is 1.52. The molecule has 0 saturated carbocycles. The molecule has 4 rings (SSSR count). The second-order valence-electron chi connectivity index (χ2n) is 7.99. The van der Waals surface area contributed by atoms with Crippen LogP contribution in [-0.4, -0.2) is 53.5 Å². The van der Waals surface area contributed by atoms with Gasteiger partial charge in [0.1, 0.15) is 0 Å². The molecular formula is C24H31N3O. The molecule has 2 aromatic carbocycles. The highest BCUT2D eigenvalue weighted by Gasteiger charge is 2.27. The number of unbranched alkanes of at least 4 members (excludes halogenated alkanes) is 1. The zero-order chi connectivity index (χ0) is 19.3. The number of amides is 2. The molecule has 2 amide bonds. The van der Waals surface area contributed by atoms with Crippen LogP contribution in [0.15, 0.2) is 48.5 Å². The fourth-order valence-corrected chi connectivity index (χ4v) is 4.41. The molecule has 0 radical (unpaired) electrons. The zero-order valence-corrected chi connectivity index (χ0v) is 16.9. The molecule has 0 atom stereocenters. The van der Waals surface area contributed by atoms with Crippen molar-refractivity contribution in [1.29, 1.82) is 0 Å². The summed E-state index contributed by atoms with van der Waals surface area (Å²) in [5.74, 6) is 0. The maximum atomic E-state index is 13.4. The number of hydrogen-bond donors (Lipinski definition) is 0. The minimum Gasteiger partial charge on any atom is -0.323 e. The Kier molecular flexibility index (Phi) is 5.96. The van der Waals surface area contributed by atoms with Gasteiger partial charge in [0.25, 0.3) is 0 Å². The van der Waals surface area contributed by atoms with E-state index in [1.165, 1.54) is 35.1 Å². The highest BCUT2D eigenvalue weighted by atomic mass is 16.2. The number of carbonyl (C=O) groups is 1. The molecule has 1 saturated heterocycles. The van der Waals surface area contributed by atoms with Gasteiger partial charge in [0, 0.05) is 32.7 Å². The van der Waals surface area contributed by atoms with Crippen molar-refractivity contribution in [2.24, 2.45) is 0 Å². The van der Waals surface area contributed by atoms with Gasteiger partial charge < -0.3 is 14.7 Å². The van der Waals surface area contributed by atoms with E-state index in [0.29, 0.717) is 13.1 Å². The maximum absolute atomic E-state index is 13.4. The molecule has 0 aromatic heterocycles. The number of fused-ring (bicyclic) bond motifs is 3. The van der Waals surface area contributed by atoms with Crippen LogP contribution in [0.4, 0.5) is 4.79 Å². The van der Waals surface area contributed by atoms with E-state index >= 15 is 0 Å². The topological polar surface area (TPSA) is 26.8 Å². The molecule has 0 aliphatic carbocycles. The molecule has 2 aliphatic heterocycles. The molecule has 2 aromatic rings. The molecule has 4 heteroatoms. The smallest absolute Gasteiger partial charge is 0.320 e. The van der Waals surface area contributed by atoms with Gasteiger partial charge in [0.2, 0.25) is 0 Å². The van der Waals surface area contributed by atoms with Crippen molar-refractivity contribution in [2.45, 2.75) is 39.3 Å². The number of benzene rings is 2. The van der Waals surface area contributed by atoms with Crippen LogP contribution in [0.1, 0.15) is 37.3 Å². The van der Waals surface area contributed by atoms with E-state index in [1.807, 2.05) is 4.90 Å². The summed E-state index contributed by atoms with van der Waals surface area (Å²) in [6.07, 6.45) is 3.54. The number of rotatable bonds is 3. The fourth-order valence-electron chi connectivity index (χ4n) is 4.41. The normalized spacial score (nSPS) is 17.5. The van der Waals surface area contributed by atoms with E-state index < -0.39 is 0 Å². The van der Waals surface area contributed by atoms with Crippen molar-refractivity contribution in [3.05, 3.63) is 59.7 Å². The lowest BCUT2D eigenvalue weighted by atomic mass is 9.97. The minimum atomic E-state index is 0.184. The van der Waals surface area contributed by atoms with E-state index in [1.54, 1.807) is 0 Å². The lowest BCUT2D eigenvalue weighted by molar-refractivity contribution is 0.148. The molecule has 28 heavy (non-hydrogen) atoms. The van der Waals surface area contributed by atoms with Crippen molar-refractivity contribution in [3.63, 3.8) is 0 Å². The molecule has 0 N–H and O–H groups in total. The third kappa shape index (κ3) is 4.07. The van der Waals surface area contributed by atoms with E-state index in [0.717, 1.165) is 39.1 Å². The first-order chi connectivity index (χ1) is 13.8. The number of hydrogen-bond acceptors (Lipinski definition) is 2. The van der Waals surface area contributed by atoms with Gasteiger partial charge >= 0.3 is 6.03 Å². The van der Waals surface area contributed by atoms with E-state index in [9.17, 15) is 4.79 Å². The number of nitrogens with zero attached hydrogens (tertiary/aromatic N) is 3. The van der Waals surface area contributed by atoms with Gasteiger partial charge in [0.05, 0.1) is 0 Å². The highest BCUT2D eigenvalue weighted by molar-refractivity contribution is 5.78. The first kappa shape index (κ1) is 19.0. The molecule has 148 valence electrons. The van der Waals surface area contributed by atoms with Crippen LogP contribution in [0.3, 0.4) is 0 Å². The van der Waals surface area contributed by atoms with Crippen molar-refractivity contribution < 1.29 is 4.79 Å². The maximum Gasteiger partial charge on any atom is 0.320 e. The summed E-state index contributed by atoms with van der Waals surface area (Å²) in [5, 5.41) is 0. The van der Waals surface area contributed by atoms with Crippen molar-refractivity contribution in [3.8, 4) is 11.1 Å². The quantitative estimate of drug-likeness (QED) is 0.782. The largest absolute Gasteiger partial charge is 0.323 e. The van der Waals surface area contributed by atoms with Crippen LogP contribution in [0, 0.1) is 0 Å². The van der Waals surface area contributed by atoms with Gasteiger partial charge in [-0.3, -0.25) is 0 Å². The van der Waals surface area contributed by atoms with Crippen LogP contribution < -0.4 is 0 Å². The van der Waals surface area contributed by atoms with Crippen LogP contribution in [0.25, 0.3) is 11.1 Å². The summed E-state index contributed by atoms with van der Waals surface area (Å²) >= 11 is 0. The van der Waals surface area contributed by atoms with Crippen molar-refractivity contribution in [1.82, 2.24) is 14.7 Å².